The molecule has 0 fully saturated rings. The van der Waals surface area contributed by atoms with Gasteiger partial charge in [0.1, 0.15) is 11.5 Å². The number of carbonyl (C=O) groups is 2. The van der Waals surface area contributed by atoms with Crippen molar-refractivity contribution >= 4 is 17.6 Å². The highest BCUT2D eigenvalue weighted by Crippen LogP contribution is 2.20. The van der Waals surface area contributed by atoms with Gasteiger partial charge in [-0.15, -0.1) is 0 Å². The maximum absolute atomic E-state index is 13.6. The van der Waals surface area contributed by atoms with Crippen LogP contribution in [0.15, 0.2) is 41.2 Å². The number of benzene rings is 1. The molecule has 1 heterocycles. The van der Waals surface area contributed by atoms with Gasteiger partial charge in [-0.2, -0.15) is 0 Å². The van der Waals surface area contributed by atoms with E-state index in [9.17, 15) is 18.8 Å². The predicted molar refractivity (Wildman–Crippen MR) is 68.4 cm³/mol. The Morgan fingerprint density at radius 3 is 2.50 bits per heavy atom. The number of H-pyrrole nitrogens is 1. The second-order valence-corrected chi connectivity index (χ2v) is 3.85. The molecule has 6 nitrogen and oxygen atoms in total. The molecule has 2 rings (SSSR count). The van der Waals surface area contributed by atoms with E-state index in [-0.39, 0.29) is 11.3 Å². The molecule has 0 saturated carbocycles. The van der Waals surface area contributed by atoms with Gasteiger partial charge in [-0.3, -0.25) is 9.59 Å². The van der Waals surface area contributed by atoms with E-state index in [1.54, 1.807) is 0 Å². The highest BCUT2D eigenvalue weighted by molar-refractivity contribution is 6.06. The summed E-state index contributed by atoms with van der Waals surface area (Å²) in [6.07, 6.45) is 0. The zero-order valence-corrected chi connectivity index (χ0v) is 10.0. The van der Waals surface area contributed by atoms with Gasteiger partial charge in [0, 0.05) is 6.07 Å². The highest BCUT2D eigenvalue weighted by Gasteiger charge is 2.17. The van der Waals surface area contributed by atoms with Crippen LogP contribution >= 0.6 is 0 Å². The van der Waals surface area contributed by atoms with Gasteiger partial charge in [-0.05, 0) is 18.2 Å². The largest absolute Gasteiger partial charge is 0.478 e. The van der Waals surface area contributed by atoms with E-state index in [0.29, 0.717) is 0 Å². The number of aromatic carboxylic acids is 1. The average Bonchev–Trinajstić information content (AvgIpc) is 2.40. The normalized spacial score (nSPS) is 10.1. The van der Waals surface area contributed by atoms with Crippen LogP contribution in [0.3, 0.4) is 0 Å². The summed E-state index contributed by atoms with van der Waals surface area (Å²) in [7, 11) is 0. The Kier molecular flexibility index (Phi) is 3.60. The third-order valence-electron chi connectivity index (χ3n) is 2.50. The monoisotopic (exact) mass is 276 g/mol. The maximum Gasteiger partial charge on any atom is 0.337 e. The number of carboxylic acid groups (broad SMARTS) is 1. The zero-order valence-electron chi connectivity index (χ0n) is 10.0. The van der Waals surface area contributed by atoms with E-state index in [2.05, 4.69) is 10.3 Å². The highest BCUT2D eigenvalue weighted by atomic mass is 19.1. The molecule has 0 aliphatic carbocycles. The molecule has 1 aromatic heterocycles. The van der Waals surface area contributed by atoms with Crippen molar-refractivity contribution in [3.05, 3.63) is 63.8 Å². The number of para-hydroxylation sites is 1. The van der Waals surface area contributed by atoms with E-state index in [1.165, 1.54) is 24.3 Å². The van der Waals surface area contributed by atoms with Crippen LogP contribution in [0.5, 0.6) is 0 Å². The molecule has 1 aromatic carbocycles. The number of carboxylic acids is 1. The molecule has 0 spiro atoms. The van der Waals surface area contributed by atoms with Crippen LogP contribution in [0.1, 0.15) is 20.8 Å². The smallest absolute Gasteiger partial charge is 0.337 e. The van der Waals surface area contributed by atoms with Crippen LogP contribution in [-0.4, -0.2) is 22.0 Å². The van der Waals surface area contributed by atoms with E-state index in [4.69, 9.17) is 5.11 Å². The van der Waals surface area contributed by atoms with Crippen molar-refractivity contribution in [3.8, 4) is 0 Å². The number of nitrogens with one attached hydrogen (secondary N) is 2. The molecule has 0 aliphatic rings. The Morgan fingerprint density at radius 1 is 1.15 bits per heavy atom. The van der Waals surface area contributed by atoms with Gasteiger partial charge in [0.2, 0.25) is 5.56 Å². The van der Waals surface area contributed by atoms with Gasteiger partial charge in [-0.1, -0.05) is 12.1 Å². The minimum absolute atomic E-state index is 0.0999. The number of amides is 1. The molecular weight excluding hydrogens is 267 g/mol. The SMILES string of the molecule is O=C(Nc1c(F)cccc1C(=O)O)c1cccc(=O)[nH]1. The second-order valence-electron chi connectivity index (χ2n) is 3.85. The fourth-order valence-corrected chi connectivity index (χ4v) is 1.59. The van der Waals surface area contributed by atoms with E-state index in [1.807, 2.05) is 0 Å². The number of aromatic nitrogens is 1. The fourth-order valence-electron chi connectivity index (χ4n) is 1.59. The number of hydrogen-bond donors (Lipinski definition) is 3. The Balaban J connectivity index is 2.37. The molecule has 0 atom stereocenters. The molecule has 0 radical (unpaired) electrons. The Labute approximate surface area is 111 Å². The van der Waals surface area contributed by atoms with Gasteiger partial charge < -0.3 is 15.4 Å². The first-order valence-corrected chi connectivity index (χ1v) is 5.51. The van der Waals surface area contributed by atoms with E-state index < -0.39 is 28.9 Å². The van der Waals surface area contributed by atoms with Gasteiger partial charge in [0.25, 0.3) is 5.91 Å². The lowest BCUT2D eigenvalue weighted by atomic mass is 10.1. The summed E-state index contributed by atoms with van der Waals surface area (Å²) in [6, 6.07) is 7.29. The summed E-state index contributed by atoms with van der Waals surface area (Å²) in [5.74, 6) is -3.06. The molecule has 0 unspecified atom stereocenters. The topological polar surface area (TPSA) is 99.3 Å². The van der Waals surface area contributed by atoms with Gasteiger partial charge in [-0.25, -0.2) is 9.18 Å². The van der Waals surface area contributed by atoms with Gasteiger partial charge in [0.15, 0.2) is 0 Å². The van der Waals surface area contributed by atoms with Crippen LogP contribution < -0.4 is 10.9 Å². The molecule has 3 N–H and O–H groups in total. The van der Waals surface area contributed by atoms with Crippen molar-refractivity contribution in [2.24, 2.45) is 0 Å². The van der Waals surface area contributed by atoms with Crippen molar-refractivity contribution in [2.75, 3.05) is 5.32 Å². The van der Waals surface area contributed by atoms with Crippen LogP contribution in [-0.2, 0) is 0 Å². The first-order valence-electron chi connectivity index (χ1n) is 5.51. The van der Waals surface area contributed by atoms with Crippen LogP contribution in [0.25, 0.3) is 0 Å². The van der Waals surface area contributed by atoms with Gasteiger partial charge in [0.05, 0.1) is 11.3 Å². The van der Waals surface area contributed by atoms with Crippen LogP contribution in [0.4, 0.5) is 10.1 Å². The first kappa shape index (κ1) is 13.5. The summed E-state index contributed by atoms with van der Waals surface area (Å²) in [4.78, 5) is 36.2. The molecule has 0 bridgehead atoms. The lowest BCUT2D eigenvalue weighted by Crippen LogP contribution is -2.20. The Bertz CT molecular complexity index is 739. The van der Waals surface area contributed by atoms with Gasteiger partial charge >= 0.3 is 5.97 Å². The number of aromatic amines is 1. The fraction of sp³-hybridized carbons (Fsp3) is 0. The van der Waals surface area contributed by atoms with Crippen molar-refractivity contribution in [3.63, 3.8) is 0 Å². The summed E-state index contributed by atoms with van der Waals surface area (Å²) < 4.78 is 13.6. The zero-order chi connectivity index (χ0) is 14.7. The molecule has 1 amide bonds. The molecule has 7 heteroatoms. The maximum atomic E-state index is 13.6. The number of halogens is 1. The number of pyridine rings is 1. The minimum Gasteiger partial charge on any atom is -0.478 e. The van der Waals surface area contributed by atoms with Crippen molar-refractivity contribution in [1.29, 1.82) is 0 Å². The molecule has 102 valence electrons. The van der Waals surface area contributed by atoms with E-state index in [0.717, 1.165) is 12.1 Å². The summed E-state index contributed by atoms with van der Waals surface area (Å²) >= 11 is 0. The van der Waals surface area contributed by atoms with Crippen molar-refractivity contribution in [2.45, 2.75) is 0 Å². The molecular formula is C13H9FN2O4. The quantitative estimate of drug-likeness (QED) is 0.790. The molecule has 0 aliphatic heterocycles. The lowest BCUT2D eigenvalue weighted by molar-refractivity contribution is 0.0697. The molecule has 20 heavy (non-hydrogen) atoms. The summed E-state index contributed by atoms with van der Waals surface area (Å²) in [5.41, 5.74) is -1.42. The van der Waals surface area contributed by atoms with Crippen LogP contribution in [0, 0.1) is 5.82 Å². The van der Waals surface area contributed by atoms with Crippen LogP contribution in [0.2, 0.25) is 0 Å². The molecule has 2 aromatic rings. The number of rotatable bonds is 3. The molecule has 0 saturated heterocycles. The lowest BCUT2D eigenvalue weighted by Gasteiger charge is -2.09. The third-order valence-corrected chi connectivity index (χ3v) is 2.50. The predicted octanol–water partition coefficient (Wildman–Crippen LogP) is 1.46. The first-order chi connectivity index (χ1) is 9.49. The van der Waals surface area contributed by atoms with E-state index >= 15 is 0 Å². The Hall–Kier alpha value is -2.96. The summed E-state index contributed by atoms with van der Waals surface area (Å²) in [5, 5.41) is 11.1. The van der Waals surface area contributed by atoms with Crippen molar-refractivity contribution < 1.29 is 19.1 Å². The average molecular weight is 276 g/mol. The minimum atomic E-state index is -1.37. The third kappa shape index (κ3) is 2.72. The number of carbonyl (C=O) groups excluding carboxylic acids is 1. The standard InChI is InChI=1S/C13H9FN2O4/c14-8-4-1-3-7(13(19)20)11(8)16-12(18)9-5-2-6-10(17)15-9/h1-6H,(H,15,17)(H,16,18)(H,19,20). The summed E-state index contributed by atoms with van der Waals surface area (Å²) in [6.45, 7) is 0. The van der Waals surface area contributed by atoms with Crippen molar-refractivity contribution in [1.82, 2.24) is 4.98 Å². The second kappa shape index (κ2) is 5.35. The number of hydrogen-bond acceptors (Lipinski definition) is 3. The number of anilines is 1. The Morgan fingerprint density at radius 2 is 1.85 bits per heavy atom.